The number of fused-ring (bicyclic) bond motifs is 2. The van der Waals surface area contributed by atoms with E-state index >= 15 is 0 Å². The lowest BCUT2D eigenvalue weighted by Gasteiger charge is -2.39. The second-order valence-electron chi connectivity index (χ2n) is 8.18. The molecule has 4 heterocycles. The molecule has 2 fully saturated rings. The van der Waals surface area contributed by atoms with Crippen LogP contribution in [0, 0.1) is 0 Å². The third-order valence-corrected chi connectivity index (χ3v) is 6.63. The van der Waals surface area contributed by atoms with Gasteiger partial charge < -0.3 is 19.5 Å². The van der Waals surface area contributed by atoms with E-state index < -0.39 is 5.56 Å². The number of nitrogens with zero attached hydrogens (tertiary/aromatic N) is 4. The Morgan fingerprint density at radius 3 is 2.57 bits per heavy atom. The van der Waals surface area contributed by atoms with Gasteiger partial charge in [0.05, 0.1) is 25.2 Å². The number of rotatable bonds is 2. The molecule has 2 N–H and O–H groups in total. The predicted octanol–water partition coefficient (Wildman–Crippen LogP) is -0.190. The molecule has 2 saturated heterocycles. The first-order valence-corrected chi connectivity index (χ1v) is 10.4. The molecule has 10 nitrogen and oxygen atoms in total. The van der Waals surface area contributed by atoms with Gasteiger partial charge in [-0.15, -0.1) is 0 Å². The number of H-pyrrole nitrogens is 2. The first kappa shape index (κ1) is 19.0. The van der Waals surface area contributed by atoms with E-state index in [1.165, 1.54) is 12.5 Å². The minimum atomic E-state index is -0.426. The Hall–Kier alpha value is -3.01. The molecule has 0 saturated carbocycles. The van der Waals surface area contributed by atoms with Crippen molar-refractivity contribution in [3.05, 3.63) is 50.1 Å². The van der Waals surface area contributed by atoms with E-state index in [0.717, 1.165) is 30.5 Å². The van der Waals surface area contributed by atoms with Gasteiger partial charge in [-0.2, -0.15) is 0 Å². The van der Waals surface area contributed by atoms with E-state index in [4.69, 9.17) is 9.72 Å². The van der Waals surface area contributed by atoms with E-state index in [1.807, 2.05) is 0 Å². The molecular formula is C20H24N6O4. The summed E-state index contributed by atoms with van der Waals surface area (Å²) in [6, 6.07) is 0. The second-order valence-corrected chi connectivity index (χ2v) is 8.18. The number of hydrogen-bond acceptors (Lipinski definition) is 7. The Morgan fingerprint density at radius 2 is 1.83 bits per heavy atom. The number of aromatic amines is 2. The van der Waals surface area contributed by atoms with Gasteiger partial charge in [-0.3, -0.25) is 19.4 Å². The summed E-state index contributed by atoms with van der Waals surface area (Å²) in [6.45, 7) is 3.70. The zero-order chi connectivity index (χ0) is 20.7. The average Bonchev–Trinajstić information content (AvgIpc) is 3.13. The summed E-state index contributed by atoms with van der Waals surface area (Å²) in [5, 5.41) is 0. The van der Waals surface area contributed by atoms with Crippen molar-refractivity contribution in [3.63, 3.8) is 0 Å². The summed E-state index contributed by atoms with van der Waals surface area (Å²) in [7, 11) is 0. The van der Waals surface area contributed by atoms with E-state index in [-0.39, 0.29) is 22.4 Å². The number of anilines is 1. The quantitative estimate of drug-likeness (QED) is 0.701. The van der Waals surface area contributed by atoms with Crippen LogP contribution in [0.4, 0.5) is 5.95 Å². The summed E-state index contributed by atoms with van der Waals surface area (Å²) in [6.07, 6.45) is 5.60. The van der Waals surface area contributed by atoms with Crippen molar-refractivity contribution in [2.24, 2.45) is 0 Å². The Labute approximate surface area is 172 Å². The Bertz CT molecular complexity index is 1080. The Kier molecular flexibility index (Phi) is 4.65. The summed E-state index contributed by atoms with van der Waals surface area (Å²) in [5.74, 6) is 0.314. The number of carbonyl (C=O) groups excluding carboxylic acids is 1. The fourth-order valence-electron chi connectivity index (χ4n) is 4.86. The van der Waals surface area contributed by atoms with Crippen LogP contribution in [0.5, 0.6) is 0 Å². The lowest BCUT2D eigenvalue weighted by Crippen LogP contribution is -2.46. The average molecular weight is 412 g/mol. The van der Waals surface area contributed by atoms with Crippen molar-refractivity contribution in [2.45, 2.75) is 31.1 Å². The topological polar surface area (TPSA) is 124 Å². The summed E-state index contributed by atoms with van der Waals surface area (Å²) in [5.41, 5.74) is 1.05. The van der Waals surface area contributed by atoms with Crippen LogP contribution < -0.4 is 16.0 Å². The molecule has 0 aromatic carbocycles. The lowest BCUT2D eigenvalue weighted by molar-refractivity contribution is 0.0661. The van der Waals surface area contributed by atoms with Gasteiger partial charge in [0.2, 0.25) is 5.95 Å². The van der Waals surface area contributed by atoms with E-state index in [2.05, 4.69) is 19.9 Å². The highest BCUT2D eigenvalue weighted by Gasteiger charge is 2.45. The number of amides is 1. The lowest BCUT2D eigenvalue weighted by atomic mass is 9.76. The molecule has 0 atom stereocenters. The molecule has 2 aliphatic heterocycles. The maximum absolute atomic E-state index is 12.8. The standard InChI is InChI=1S/C20H24N6O4/c27-16-14(11-21-12-22-16)18(29)25-5-3-20(4-6-25)2-1-13-15(20)23-19(24-17(13)28)26-7-9-30-10-8-26/h11-12H,1-10H2,(H,21,22,27)(H,23,24,28). The van der Waals surface area contributed by atoms with Gasteiger partial charge in [0.1, 0.15) is 5.56 Å². The van der Waals surface area contributed by atoms with Gasteiger partial charge in [0.25, 0.3) is 17.0 Å². The van der Waals surface area contributed by atoms with Crippen LogP contribution >= 0.6 is 0 Å². The molecule has 30 heavy (non-hydrogen) atoms. The van der Waals surface area contributed by atoms with Crippen molar-refractivity contribution in [1.29, 1.82) is 0 Å². The second kappa shape index (κ2) is 7.35. The zero-order valence-electron chi connectivity index (χ0n) is 16.6. The van der Waals surface area contributed by atoms with E-state index in [9.17, 15) is 14.4 Å². The van der Waals surface area contributed by atoms with Gasteiger partial charge in [-0.05, 0) is 25.7 Å². The van der Waals surface area contributed by atoms with Crippen molar-refractivity contribution >= 4 is 11.9 Å². The number of carbonyl (C=O) groups is 1. The highest BCUT2D eigenvalue weighted by Crippen LogP contribution is 2.44. The molecule has 1 amide bonds. The highest BCUT2D eigenvalue weighted by molar-refractivity contribution is 5.93. The third kappa shape index (κ3) is 3.11. The number of hydrogen-bond donors (Lipinski definition) is 2. The molecule has 1 spiro atoms. The Balaban J connectivity index is 1.39. The van der Waals surface area contributed by atoms with E-state index in [0.29, 0.717) is 51.8 Å². The van der Waals surface area contributed by atoms with Crippen LogP contribution in [0.2, 0.25) is 0 Å². The molecule has 2 aromatic heterocycles. The van der Waals surface area contributed by atoms with E-state index in [1.54, 1.807) is 4.90 Å². The largest absolute Gasteiger partial charge is 0.378 e. The number of nitrogens with one attached hydrogen (secondary N) is 2. The minimum absolute atomic E-state index is 0.0567. The van der Waals surface area contributed by atoms with Gasteiger partial charge in [0, 0.05) is 43.4 Å². The monoisotopic (exact) mass is 412 g/mol. The molecule has 5 rings (SSSR count). The SMILES string of the molecule is O=C(c1cnc[nH]c1=O)N1CCC2(CCc3c2nc(N2CCOCC2)[nH]c3=O)CC1. The van der Waals surface area contributed by atoms with Gasteiger partial charge in [-0.25, -0.2) is 9.97 Å². The maximum atomic E-state index is 12.8. The number of likely N-dealkylation sites (tertiary alicyclic amines) is 1. The minimum Gasteiger partial charge on any atom is -0.378 e. The highest BCUT2D eigenvalue weighted by atomic mass is 16.5. The number of aromatic nitrogens is 4. The van der Waals surface area contributed by atoms with Crippen molar-refractivity contribution in [2.75, 3.05) is 44.3 Å². The summed E-state index contributed by atoms with van der Waals surface area (Å²) < 4.78 is 5.41. The van der Waals surface area contributed by atoms with Crippen LogP contribution in [0.25, 0.3) is 0 Å². The van der Waals surface area contributed by atoms with Gasteiger partial charge in [0.15, 0.2) is 0 Å². The molecular weight excluding hydrogens is 388 g/mol. The smallest absolute Gasteiger partial charge is 0.263 e. The van der Waals surface area contributed by atoms with Crippen LogP contribution in [-0.4, -0.2) is 70.1 Å². The molecule has 2 aromatic rings. The maximum Gasteiger partial charge on any atom is 0.263 e. The van der Waals surface area contributed by atoms with Crippen molar-refractivity contribution in [1.82, 2.24) is 24.8 Å². The first-order chi connectivity index (χ1) is 14.6. The zero-order valence-corrected chi connectivity index (χ0v) is 16.6. The molecule has 1 aliphatic carbocycles. The predicted molar refractivity (Wildman–Crippen MR) is 108 cm³/mol. The van der Waals surface area contributed by atoms with Crippen LogP contribution in [0.1, 0.15) is 40.9 Å². The van der Waals surface area contributed by atoms with Gasteiger partial charge in [-0.1, -0.05) is 0 Å². The summed E-state index contributed by atoms with van der Waals surface area (Å²) >= 11 is 0. The van der Waals surface area contributed by atoms with Crippen molar-refractivity contribution < 1.29 is 9.53 Å². The molecule has 3 aliphatic rings. The van der Waals surface area contributed by atoms with Gasteiger partial charge >= 0.3 is 0 Å². The Morgan fingerprint density at radius 1 is 1.07 bits per heavy atom. The molecule has 0 bridgehead atoms. The molecule has 0 radical (unpaired) electrons. The third-order valence-electron chi connectivity index (χ3n) is 6.63. The normalized spacial score (nSPS) is 20.4. The van der Waals surface area contributed by atoms with Crippen LogP contribution in [0.15, 0.2) is 22.1 Å². The van der Waals surface area contributed by atoms with Crippen LogP contribution in [-0.2, 0) is 16.6 Å². The number of piperidine rings is 1. The molecule has 0 unspecified atom stereocenters. The van der Waals surface area contributed by atoms with Crippen LogP contribution in [0.3, 0.4) is 0 Å². The molecule has 10 heteroatoms. The number of morpholine rings is 1. The number of ether oxygens (including phenoxy) is 1. The fraction of sp³-hybridized carbons (Fsp3) is 0.550. The molecule has 158 valence electrons. The summed E-state index contributed by atoms with van der Waals surface area (Å²) in [4.78, 5) is 55.4. The first-order valence-electron chi connectivity index (χ1n) is 10.4. The fourth-order valence-corrected chi connectivity index (χ4v) is 4.86. The van der Waals surface area contributed by atoms with Crippen molar-refractivity contribution in [3.8, 4) is 0 Å².